The van der Waals surface area contributed by atoms with Crippen molar-refractivity contribution in [3.63, 3.8) is 0 Å². The molecule has 0 saturated carbocycles. The molecule has 1 aromatic heterocycles. The number of hydrogen-bond acceptors (Lipinski definition) is 5. The first-order valence-electron chi connectivity index (χ1n) is 6.90. The summed E-state index contributed by atoms with van der Waals surface area (Å²) in [6.07, 6.45) is 2.95. The van der Waals surface area contributed by atoms with Gasteiger partial charge in [-0.15, -0.1) is 11.3 Å². The van der Waals surface area contributed by atoms with E-state index in [2.05, 4.69) is 11.1 Å². The molecule has 1 aromatic carbocycles. The summed E-state index contributed by atoms with van der Waals surface area (Å²) in [5.41, 5.74) is 8.74. The molecule has 0 bridgehead atoms. The first kappa shape index (κ1) is 14.7. The number of hydrogen-bond donors (Lipinski definition) is 1. The molecule has 0 unspecified atom stereocenters. The van der Waals surface area contributed by atoms with Gasteiger partial charge in [0.15, 0.2) is 0 Å². The highest BCUT2D eigenvalue weighted by molar-refractivity contribution is 7.13. The Bertz CT molecular complexity index is 737. The van der Waals surface area contributed by atoms with Crippen molar-refractivity contribution in [1.29, 1.82) is 0 Å². The molecule has 5 nitrogen and oxygen atoms in total. The molecule has 0 atom stereocenters. The summed E-state index contributed by atoms with van der Waals surface area (Å²) in [6, 6.07) is 5.95. The average Bonchev–Trinajstić information content (AvgIpc) is 3.05. The second kappa shape index (κ2) is 6.29. The van der Waals surface area contributed by atoms with Crippen molar-refractivity contribution in [2.24, 2.45) is 5.73 Å². The van der Waals surface area contributed by atoms with Crippen molar-refractivity contribution in [1.82, 2.24) is 4.98 Å². The minimum Gasteiger partial charge on any atom is -0.496 e. The highest BCUT2D eigenvalue weighted by Gasteiger charge is 2.14. The van der Waals surface area contributed by atoms with E-state index in [4.69, 9.17) is 15.2 Å². The number of nitrogens with zero attached hydrogens (tertiary/aromatic N) is 1. The van der Waals surface area contributed by atoms with E-state index in [9.17, 15) is 4.79 Å². The Morgan fingerprint density at radius 3 is 2.95 bits per heavy atom. The highest BCUT2D eigenvalue weighted by Crippen LogP contribution is 2.34. The lowest BCUT2D eigenvalue weighted by molar-refractivity contribution is 0.0996. The maximum Gasteiger partial charge on any atom is 0.268 e. The number of rotatable bonds is 4. The Morgan fingerprint density at radius 2 is 2.32 bits per heavy atom. The van der Waals surface area contributed by atoms with Crippen LogP contribution in [0.15, 0.2) is 29.7 Å². The van der Waals surface area contributed by atoms with Gasteiger partial charge in [0.1, 0.15) is 16.5 Å². The Balaban J connectivity index is 1.97. The summed E-state index contributed by atoms with van der Waals surface area (Å²) < 4.78 is 10.9. The van der Waals surface area contributed by atoms with Gasteiger partial charge in [-0.1, -0.05) is 18.2 Å². The third kappa shape index (κ3) is 2.88. The fraction of sp³-hybridized carbons (Fsp3) is 0.250. The molecular formula is C16H16N2O3S. The number of amides is 1. The number of ether oxygens (including phenoxy) is 2. The smallest absolute Gasteiger partial charge is 0.268 e. The van der Waals surface area contributed by atoms with Gasteiger partial charge in [0.05, 0.1) is 20.3 Å². The SMILES string of the molecule is COc1cc(-c2nc(C(N)=O)cs2)ccc1C1=CCOCC1. The molecule has 22 heavy (non-hydrogen) atoms. The van der Waals surface area contributed by atoms with E-state index in [1.54, 1.807) is 12.5 Å². The zero-order valence-corrected chi connectivity index (χ0v) is 13.0. The third-order valence-electron chi connectivity index (χ3n) is 3.51. The normalized spacial score (nSPS) is 14.5. The van der Waals surface area contributed by atoms with Gasteiger partial charge in [0.2, 0.25) is 0 Å². The monoisotopic (exact) mass is 316 g/mol. The van der Waals surface area contributed by atoms with E-state index in [-0.39, 0.29) is 5.69 Å². The molecule has 0 fully saturated rings. The van der Waals surface area contributed by atoms with Crippen LogP contribution in [-0.4, -0.2) is 31.2 Å². The number of aromatic nitrogens is 1. The van der Waals surface area contributed by atoms with Gasteiger partial charge in [-0.2, -0.15) is 0 Å². The van der Waals surface area contributed by atoms with Crippen LogP contribution in [0.5, 0.6) is 5.75 Å². The van der Waals surface area contributed by atoms with E-state index in [1.807, 2.05) is 18.2 Å². The zero-order valence-electron chi connectivity index (χ0n) is 12.2. The van der Waals surface area contributed by atoms with Crippen molar-refractivity contribution in [2.45, 2.75) is 6.42 Å². The van der Waals surface area contributed by atoms with Crippen molar-refractivity contribution in [2.75, 3.05) is 20.3 Å². The molecule has 1 aliphatic rings. The van der Waals surface area contributed by atoms with Gasteiger partial charge in [-0.3, -0.25) is 4.79 Å². The van der Waals surface area contributed by atoms with Crippen LogP contribution >= 0.6 is 11.3 Å². The van der Waals surface area contributed by atoms with Crippen LogP contribution in [-0.2, 0) is 4.74 Å². The molecule has 2 heterocycles. The molecule has 6 heteroatoms. The second-order valence-electron chi connectivity index (χ2n) is 4.87. The van der Waals surface area contributed by atoms with Gasteiger partial charge < -0.3 is 15.2 Å². The Hall–Kier alpha value is -2.18. The number of primary amides is 1. The van der Waals surface area contributed by atoms with Gasteiger partial charge in [-0.05, 0) is 18.1 Å². The molecule has 0 radical (unpaired) electrons. The van der Waals surface area contributed by atoms with Crippen LogP contribution in [0.3, 0.4) is 0 Å². The maximum absolute atomic E-state index is 11.2. The molecule has 0 saturated heterocycles. The van der Waals surface area contributed by atoms with Crippen LogP contribution in [0.2, 0.25) is 0 Å². The van der Waals surface area contributed by atoms with Crippen LogP contribution < -0.4 is 10.5 Å². The Morgan fingerprint density at radius 1 is 1.45 bits per heavy atom. The average molecular weight is 316 g/mol. The molecule has 2 aromatic rings. The van der Waals surface area contributed by atoms with Crippen molar-refractivity contribution >= 4 is 22.8 Å². The minimum atomic E-state index is -0.515. The zero-order chi connectivity index (χ0) is 15.5. The lowest BCUT2D eigenvalue weighted by Gasteiger charge is -2.17. The summed E-state index contributed by atoms with van der Waals surface area (Å²) in [7, 11) is 1.65. The second-order valence-corrected chi connectivity index (χ2v) is 5.73. The van der Waals surface area contributed by atoms with Crippen molar-refractivity contribution in [3.05, 3.63) is 40.9 Å². The van der Waals surface area contributed by atoms with Crippen molar-refractivity contribution < 1.29 is 14.3 Å². The Kier molecular flexibility index (Phi) is 4.22. The molecule has 0 spiro atoms. The largest absolute Gasteiger partial charge is 0.496 e. The minimum absolute atomic E-state index is 0.287. The van der Waals surface area contributed by atoms with Gasteiger partial charge in [0, 0.05) is 16.5 Å². The number of nitrogens with two attached hydrogens (primary N) is 1. The third-order valence-corrected chi connectivity index (χ3v) is 4.41. The molecule has 0 aliphatic carbocycles. The molecule has 2 N–H and O–H groups in total. The lowest BCUT2D eigenvalue weighted by Crippen LogP contribution is -2.10. The summed E-state index contributed by atoms with van der Waals surface area (Å²) in [4.78, 5) is 15.4. The van der Waals surface area contributed by atoms with E-state index in [0.29, 0.717) is 6.61 Å². The van der Waals surface area contributed by atoms with Crippen molar-refractivity contribution in [3.8, 4) is 16.3 Å². The number of benzene rings is 1. The number of carbonyl (C=O) groups is 1. The predicted molar refractivity (Wildman–Crippen MR) is 86.0 cm³/mol. The fourth-order valence-electron chi connectivity index (χ4n) is 2.38. The summed E-state index contributed by atoms with van der Waals surface area (Å²) in [5, 5.41) is 2.42. The topological polar surface area (TPSA) is 74.4 Å². The predicted octanol–water partition coefficient (Wildman–Crippen LogP) is 2.72. The van der Waals surface area contributed by atoms with E-state index < -0.39 is 5.91 Å². The van der Waals surface area contributed by atoms with Gasteiger partial charge in [0.25, 0.3) is 5.91 Å². The van der Waals surface area contributed by atoms with Crippen LogP contribution in [0.4, 0.5) is 0 Å². The van der Waals surface area contributed by atoms with Crippen LogP contribution in [0.25, 0.3) is 16.1 Å². The first-order valence-corrected chi connectivity index (χ1v) is 7.78. The van der Waals surface area contributed by atoms with Crippen LogP contribution in [0.1, 0.15) is 22.5 Å². The van der Waals surface area contributed by atoms with Gasteiger partial charge in [-0.25, -0.2) is 4.98 Å². The van der Waals surface area contributed by atoms with E-state index in [0.717, 1.165) is 34.9 Å². The lowest BCUT2D eigenvalue weighted by atomic mass is 9.99. The van der Waals surface area contributed by atoms with Gasteiger partial charge >= 0.3 is 0 Å². The summed E-state index contributed by atoms with van der Waals surface area (Å²) >= 11 is 1.39. The first-order chi connectivity index (χ1) is 10.7. The van der Waals surface area contributed by atoms with Crippen LogP contribution in [0, 0.1) is 0 Å². The molecule has 114 valence electrons. The highest BCUT2D eigenvalue weighted by atomic mass is 32.1. The molecule has 1 aliphatic heterocycles. The van der Waals surface area contributed by atoms with E-state index in [1.165, 1.54) is 16.9 Å². The molecule has 1 amide bonds. The maximum atomic E-state index is 11.2. The quantitative estimate of drug-likeness (QED) is 0.941. The Labute approximate surface area is 132 Å². The summed E-state index contributed by atoms with van der Waals surface area (Å²) in [5.74, 6) is 0.278. The number of methoxy groups -OCH3 is 1. The summed E-state index contributed by atoms with van der Waals surface area (Å²) in [6.45, 7) is 1.36. The molecule has 3 rings (SSSR count). The number of carbonyl (C=O) groups excluding carboxylic acids is 1. The standard InChI is InChI=1S/C16H16N2O3S/c1-20-14-8-11(16-18-13(9-22-16)15(17)19)2-3-12(14)10-4-6-21-7-5-10/h2-4,8-9H,5-7H2,1H3,(H2,17,19). The molecular weight excluding hydrogens is 300 g/mol. The van der Waals surface area contributed by atoms with E-state index >= 15 is 0 Å². The number of thiazole rings is 1. The fourth-order valence-corrected chi connectivity index (χ4v) is 3.19.